The van der Waals surface area contributed by atoms with Crippen LogP contribution in [0.4, 0.5) is 4.39 Å². The van der Waals surface area contributed by atoms with Crippen LogP contribution in [0, 0.1) is 0 Å². The normalized spacial score (nSPS) is 12.3. The van der Waals surface area contributed by atoms with E-state index in [1.54, 1.807) is 18.6 Å². The first kappa shape index (κ1) is 9.98. The van der Waals surface area contributed by atoms with E-state index >= 15 is 0 Å². The summed E-state index contributed by atoms with van der Waals surface area (Å²) >= 11 is 1.36. The molecule has 2 rings (SSSR count). The van der Waals surface area contributed by atoms with E-state index in [-0.39, 0.29) is 0 Å². The Morgan fingerprint density at radius 2 is 2.33 bits per heavy atom. The summed E-state index contributed by atoms with van der Waals surface area (Å²) in [7, 11) is 0. The number of hydrogen-bond donors (Lipinski definition) is 0. The fraction of sp³-hybridized carbons (Fsp3) is 0.0909. The highest BCUT2D eigenvalue weighted by Crippen LogP contribution is 2.33. The van der Waals surface area contributed by atoms with Crippen molar-refractivity contribution in [1.29, 1.82) is 0 Å². The molecule has 0 saturated heterocycles. The molecule has 1 atom stereocenters. The van der Waals surface area contributed by atoms with Gasteiger partial charge in [0.15, 0.2) is 6.17 Å². The molecule has 0 aliphatic rings. The smallest absolute Gasteiger partial charge is 0.153 e. The Balaban J connectivity index is 2.46. The van der Waals surface area contributed by atoms with Gasteiger partial charge in [-0.1, -0.05) is 12.7 Å². The predicted molar refractivity (Wildman–Crippen MR) is 59.4 cm³/mol. The number of aromatic nitrogens is 2. The minimum Gasteiger partial charge on any atom is -0.261 e. The molecule has 0 aliphatic heterocycles. The van der Waals surface area contributed by atoms with Crippen molar-refractivity contribution in [2.45, 2.75) is 6.17 Å². The maximum Gasteiger partial charge on any atom is 0.153 e. The van der Waals surface area contributed by atoms with Crippen LogP contribution in [0.15, 0.2) is 42.7 Å². The molecule has 4 heteroatoms. The Bertz CT molecular complexity index is 453. The molecule has 76 valence electrons. The van der Waals surface area contributed by atoms with Crippen LogP contribution in [-0.2, 0) is 0 Å². The van der Waals surface area contributed by atoms with E-state index in [1.807, 2.05) is 11.4 Å². The summed E-state index contributed by atoms with van der Waals surface area (Å²) in [5.41, 5.74) is 1.48. The average Bonchev–Trinajstić information content (AvgIpc) is 2.78. The molecule has 0 radical (unpaired) electrons. The van der Waals surface area contributed by atoms with Crippen molar-refractivity contribution >= 4 is 11.3 Å². The minimum atomic E-state index is -1.14. The van der Waals surface area contributed by atoms with E-state index in [4.69, 9.17) is 0 Å². The molecule has 0 fully saturated rings. The highest BCUT2D eigenvalue weighted by Gasteiger charge is 2.14. The molecule has 0 N–H and O–H groups in total. The summed E-state index contributed by atoms with van der Waals surface area (Å²) in [5.74, 6) is 0. The van der Waals surface area contributed by atoms with Crippen LogP contribution in [0.2, 0.25) is 0 Å². The molecule has 2 nitrogen and oxygen atoms in total. The first-order valence-electron chi connectivity index (χ1n) is 4.43. The van der Waals surface area contributed by atoms with Crippen LogP contribution in [0.3, 0.4) is 0 Å². The number of allylic oxidation sites excluding steroid dienone is 1. The molecular weight excluding hydrogens is 211 g/mol. The van der Waals surface area contributed by atoms with Gasteiger partial charge in [-0.05, 0) is 11.4 Å². The summed E-state index contributed by atoms with van der Waals surface area (Å²) in [6, 6.07) is 1.85. The lowest BCUT2D eigenvalue weighted by Crippen LogP contribution is -1.88. The van der Waals surface area contributed by atoms with Crippen LogP contribution < -0.4 is 0 Å². The maximum absolute atomic E-state index is 13.5. The minimum absolute atomic E-state index is 0.630. The Kier molecular flexibility index (Phi) is 2.87. The van der Waals surface area contributed by atoms with Gasteiger partial charge in [-0.3, -0.25) is 9.97 Å². The van der Waals surface area contributed by atoms with E-state index in [0.29, 0.717) is 10.6 Å². The number of thiophene rings is 1. The second-order valence-electron chi connectivity index (χ2n) is 2.93. The maximum atomic E-state index is 13.5. The van der Waals surface area contributed by atoms with Crippen LogP contribution in [0.1, 0.15) is 11.0 Å². The fourth-order valence-electron chi connectivity index (χ4n) is 1.29. The van der Waals surface area contributed by atoms with Gasteiger partial charge in [-0.15, -0.1) is 11.3 Å². The first-order chi connectivity index (χ1) is 7.33. The van der Waals surface area contributed by atoms with Gasteiger partial charge in [0.25, 0.3) is 0 Å². The molecule has 0 amide bonds. The van der Waals surface area contributed by atoms with Crippen molar-refractivity contribution in [3.8, 4) is 11.3 Å². The van der Waals surface area contributed by atoms with E-state index in [9.17, 15) is 4.39 Å². The van der Waals surface area contributed by atoms with Gasteiger partial charge >= 0.3 is 0 Å². The number of nitrogens with zero attached hydrogens (tertiary/aromatic N) is 2. The van der Waals surface area contributed by atoms with Crippen LogP contribution in [0.5, 0.6) is 0 Å². The molecule has 15 heavy (non-hydrogen) atoms. The Hall–Kier alpha value is -1.55. The van der Waals surface area contributed by atoms with Gasteiger partial charge in [0.2, 0.25) is 0 Å². The summed E-state index contributed by atoms with van der Waals surface area (Å²) < 4.78 is 13.5. The van der Waals surface area contributed by atoms with Gasteiger partial charge in [0.1, 0.15) is 0 Å². The Morgan fingerprint density at radius 1 is 1.47 bits per heavy atom. The number of alkyl halides is 1. The van der Waals surface area contributed by atoms with E-state index in [0.717, 1.165) is 5.56 Å². The molecule has 0 spiro atoms. The number of halogens is 1. The number of hydrogen-bond acceptors (Lipinski definition) is 3. The van der Waals surface area contributed by atoms with Crippen molar-refractivity contribution in [2.24, 2.45) is 0 Å². The topological polar surface area (TPSA) is 25.8 Å². The zero-order chi connectivity index (χ0) is 10.7. The molecule has 0 aliphatic carbocycles. The molecule has 2 aromatic rings. The summed E-state index contributed by atoms with van der Waals surface area (Å²) in [4.78, 5) is 8.73. The third-order valence-corrected chi connectivity index (χ3v) is 2.96. The van der Waals surface area contributed by atoms with Crippen molar-refractivity contribution in [2.75, 3.05) is 0 Å². The highest BCUT2D eigenvalue weighted by atomic mass is 32.1. The largest absolute Gasteiger partial charge is 0.261 e. The van der Waals surface area contributed by atoms with E-state index < -0.39 is 6.17 Å². The van der Waals surface area contributed by atoms with Crippen molar-refractivity contribution in [3.63, 3.8) is 0 Å². The van der Waals surface area contributed by atoms with Crippen molar-refractivity contribution in [3.05, 3.63) is 47.6 Å². The Morgan fingerprint density at radius 3 is 3.00 bits per heavy atom. The standard InChI is InChI=1S/C11H9FN2S/c1-2-9(12)11-8(3-6-15-11)10-7-13-4-5-14-10/h2-7,9H,1H2. The van der Waals surface area contributed by atoms with Gasteiger partial charge in [0, 0.05) is 18.0 Å². The van der Waals surface area contributed by atoms with Gasteiger partial charge in [-0.25, -0.2) is 4.39 Å². The second kappa shape index (κ2) is 4.31. The lowest BCUT2D eigenvalue weighted by atomic mass is 10.1. The molecule has 1 unspecified atom stereocenters. The lowest BCUT2D eigenvalue weighted by molar-refractivity contribution is 0.422. The highest BCUT2D eigenvalue weighted by molar-refractivity contribution is 7.10. The fourth-order valence-corrected chi connectivity index (χ4v) is 2.17. The van der Waals surface area contributed by atoms with Gasteiger partial charge in [-0.2, -0.15) is 0 Å². The molecule has 0 bridgehead atoms. The molecule has 0 aromatic carbocycles. The SMILES string of the molecule is C=CC(F)c1sccc1-c1cnccn1. The predicted octanol–water partition coefficient (Wildman–Crippen LogP) is 3.40. The quantitative estimate of drug-likeness (QED) is 0.741. The molecule has 0 saturated carbocycles. The van der Waals surface area contributed by atoms with E-state index in [2.05, 4.69) is 16.5 Å². The zero-order valence-electron chi connectivity index (χ0n) is 7.93. The third-order valence-electron chi connectivity index (χ3n) is 1.99. The molecule has 2 aromatic heterocycles. The van der Waals surface area contributed by atoms with Crippen LogP contribution in [0.25, 0.3) is 11.3 Å². The van der Waals surface area contributed by atoms with E-state index in [1.165, 1.54) is 17.4 Å². The molecular formula is C11H9FN2S. The lowest BCUT2D eigenvalue weighted by Gasteiger charge is -2.03. The van der Waals surface area contributed by atoms with Crippen LogP contribution in [-0.4, -0.2) is 9.97 Å². The Labute approximate surface area is 91.1 Å². The zero-order valence-corrected chi connectivity index (χ0v) is 8.75. The first-order valence-corrected chi connectivity index (χ1v) is 5.31. The van der Waals surface area contributed by atoms with Gasteiger partial charge in [0.05, 0.1) is 16.8 Å². The third kappa shape index (κ3) is 1.94. The van der Waals surface area contributed by atoms with Gasteiger partial charge < -0.3 is 0 Å². The van der Waals surface area contributed by atoms with Crippen LogP contribution >= 0.6 is 11.3 Å². The molecule has 2 heterocycles. The monoisotopic (exact) mass is 220 g/mol. The van der Waals surface area contributed by atoms with Crippen molar-refractivity contribution in [1.82, 2.24) is 9.97 Å². The summed E-state index contributed by atoms with van der Waals surface area (Å²) in [6.45, 7) is 3.45. The second-order valence-corrected chi connectivity index (χ2v) is 3.87. The number of rotatable bonds is 3. The average molecular weight is 220 g/mol. The summed E-state index contributed by atoms with van der Waals surface area (Å²) in [5, 5.41) is 1.84. The summed E-state index contributed by atoms with van der Waals surface area (Å²) in [6.07, 6.45) is 4.96. The van der Waals surface area contributed by atoms with Crippen molar-refractivity contribution < 1.29 is 4.39 Å².